The van der Waals surface area contributed by atoms with E-state index in [0.29, 0.717) is 23.5 Å². The standard InChI is InChI=1S/C21H24N2O4/c1-13-19(21(26)27-3)17(22-20(13)14(2)24)11-18(25)23(16-9-10-16)12-15-7-5-4-6-8-15/h4-8,16,22H,9-12H2,1-3H3. The highest BCUT2D eigenvalue weighted by atomic mass is 16.5. The van der Waals surface area contributed by atoms with Gasteiger partial charge in [0.15, 0.2) is 5.78 Å². The molecule has 0 bridgehead atoms. The number of nitrogens with zero attached hydrogens (tertiary/aromatic N) is 1. The monoisotopic (exact) mass is 368 g/mol. The quantitative estimate of drug-likeness (QED) is 0.602. The zero-order valence-corrected chi connectivity index (χ0v) is 15.9. The van der Waals surface area contributed by atoms with Gasteiger partial charge in [0.1, 0.15) is 0 Å². The molecule has 0 radical (unpaired) electrons. The van der Waals surface area contributed by atoms with E-state index in [-0.39, 0.29) is 29.7 Å². The molecule has 1 aromatic heterocycles. The summed E-state index contributed by atoms with van der Waals surface area (Å²) < 4.78 is 4.85. The minimum Gasteiger partial charge on any atom is -0.465 e. The molecule has 0 saturated heterocycles. The Bertz CT molecular complexity index is 866. The Hall–Kier alpha value is -2.89. The summed E-state index contributed by atoms with van der Waals surface area (Å²) in [7, 11) is 1.29. The molecule has 1 amide bonds. The van der Waals surface area contributed by atoms with Crippen molar-refractivity contribution < 1.29 is 19.1 Å². The lowest BCUT2D eigenvalue weighted by atomic mass is 10.1. The number of aromatic nitrogens is 1. The van der Waals surface area contributed by atoms with Crippen LogP contribution in [0.4, 0.5) is 0 Å². The lowest BCUT2D eigenvalue weighted by Gasteiger charge is -2.22. The van der Waals surface area contributed by atoms with E-state index in [1.807, 2.05) is 35.2 Å². The van der Waals surface area contributed by atoms with Crippen molar-refractivity contribution in [3.63, 3.8) is 0 Å². The molecule has 0 spiro atoms. The first-order chi connectivity index (χ1) is 12.9. The fourth-order valence-corrected chi connectivity index (χ4v) is 3.36. The number of H-pyrrole nitrogens is 1. The minimum atomic E-state index is -0.542. The number of Topliss-reactive ketones (excluding diaryl/α,β-unsaturated/α-hetero) is 1. The summed E-state index contributed by atoms with van der Waals surface area (Å²) in [5.41, 5.74) is 2.66. The first kappa shape index (κ1) is 18.9. The maximum Gasteiger partial charge on any atom is 0.339 e. The number of rotatable bonds is 7. The van der Waals surface area contributed by atoms with Gasteiger partial charge >= 0.3 is 5.97 Å². The fourth-order valence-electron chi connectivity index (χ4n) is 3.36. The van der Waals surface area contributed by atoms with Crippen LogP contribution >= 0.6 is 0 Å². The molecule has 3 rings (SSSR count). The summed E-state index contributed by atoms with van der Waals surface area (Å²) in [4.78, 5) is 41.9. The van der Waals surface area contributed by atoms with Gasteiger partial charge in [0.2, 0.25) is 5.91 Å². The van der Waals surface area contributed by atoms with E-state index in [2.05, 4.69) is 4.98 Å². The molecule has 6 nitrogen and oxygen atoms in total. The van der Waals surface area contributed by atoms with Crippen LogP contribution in [0.5, 0.6) is 0 Å². The van der Waals surface area contributed by atoms with Crippen molar-refractivity contribution in [1.82, 2.24) is 9.88 Å². The minimum absolute atomic E-state index is 0.0296. The summed E-state index contributed by atoms with van der Waals surface area (Å²) in [5.74, 6) is -0.789. The average Bonchev–Trinajstić information content (AvgIpc) is 3.43. The summed E-state index contributed by atoms with van der Waals surface area (Å²) >= 11 is 0. The first-order valence-electron chi connectivity index (χ1n) is 9.06. The maximum absolute atomic E-state index is 13.0. The van der Waals surface area contributed by atoms with Gasteiger partial charge in [-0.05, 0) is 30.9 Å². The number of methoxy groups -OCH3 is 1. The van der Waals surface area contributed by atoms with E-state index >= 15 is 0 Å². The molecule has 1 aromatic carbocycles. The van der Waals surface area contributed by atoms with Gasteiger partial charge in [-0.1, -0.05) is 30.3 Å². The number of carbonyl (C=O) groups excluding carboxylic acids is 3. The summed E-state index contributed by atoms with van der Waals surface area (Å²) in [6.07, 6.45) is 2.01. The van der Waals surface area contributed by atoms with Gasteiger partial charge in [-0.2, -0.15) is 0 Å². The number of benzene rings is 1. The first-order valence-corrected chi connectivity index (χ1v) is 9.06. The lowest BCUT2D eigenvalue weighted by Crippen LogP contribution is -2.34. The summed E-state index contributed by atoms with van der Waals surface area (Å²) in [6.45, 7) is 3.66. The molecule has 0 unspecified atom stereocenters. The van der Waals surface area contributed by atoms with E-state index in [9.17, 15) is 14.4 Å². The van der Waals surface area contributed by atoms with E-state index < -0.39 is 5.97 Å². The van der Waals surface area contributed by atoms with Crippen LogP contribution < -0.4 is 0 Å². The van der Waals surface area contributed by atoms with Crippen LogP contribution in [0.25, 0.3) is 0 Å². The molecule has 142 valence electrons. The molecule has 1 fully saturated rings. The number of nitrogens with one attached hydrogen (secondary N) is 1. The molecule has 1 aliphatic rings. The predicted octanol–water partition coefficient (Wildman–Crippen LogP) is 3.05. The SMILES string of the molecule is COC(=O)c1c(CC(=O)N(Cc2ccccc2)C2CC2)[nH]c(C(C)=O)c1C. The number of esters is 1. The van der Waals surface area contributed by atoms with Crippen molar-refractivity contribution in [3.8, 4) is 0 Å². The van der Waals surface area contributed by atoms with Crippen LogP contribution in [-0.2, 0) is 22.5 Å². The van der Waals surface area contributed by atoms with Crippen molar-refractivity contribution in [2.45, 2.75) is 45.7 Å². The zero-order chi connectivity index (χ0) is 19.6. The number of hydrogen-bond acceptors (Lipinski definition) is 4. The van der Waals surface area contributed by atoms with Gasteiger partial charge in [0.05, 0.1) is 24.8 Å². The molecule has 27 heavy (non-hydrogen) atoms. The van der Waals surface area contributed by atoms with E-state index in [4.69, 9.17) is 4.74 Å². The van der Waals surface area contributed by atoms with Crippen LogP contribution in [0.2, 0.25) is 0 Å². The van der Waals surface area contributed by atoms with Gasteiger partial charge in [0.25, 0.3) is 0 Å². The number of ketones is 1. The Morgan fingerprint density at radius 3 is 2.41 bits per heavy atom. The van der Waals surface area contributed by atoms with Crippen molar-refractivity contribution in [2.75, 3.05) is 7.11 Å². The second-order valence-corrected chi connectivity index (χ2v) is 6.94. The number of hydrogen-bond donors (Lipinski definition) is 1. The molecule has 1 saturated carbocycles. The van der Waals surface area contributed by atoms with Crippen LogP contribution in [0.15, 0.2) is 30.3 Å². The summed E-state index contributed by atoms with van der Waals surface area (Å²) in [6, 6.07) is 10.1. The largest absolute Gasteiger partial charge is 0.465 e. The smallest absolute Gasteiger partial charge is 0.339 e. The number of carbonyl (C=O) groups is 3. The van der Waals surface area contributed by atoms with Gasteiger partial charge in [0, 0.05) is 25.2 Å². The fraction of sp³-hybridized carbons (Fsp3) is 0.381. The third kappa shape index (κ3) is 4.10. The van der Waals surface area contributed by atoms with Crippen molar-refractivity contribution >= 4 is 17.7 Å². The van der Waals surface area contributed by atoms with Gasteiger partial charge in [-0.15, -0.1) is 0 Å². The van der Waals surface area contributed by atoms with Crippen LogP contribution in [0.3, 0.4) is 0 Å². The van der Waals surface area contributed by atoms with Crippen LogP contribution in [0, 0.1) is 6.92 Å². The highest BCUT2D eigenvalue weighted by molar-refractivity contribution is 6.01. The highest BCUT2D eigenvalue weighted by Gasteiger charge is 2.34. The molecule has 6 heteroatoms. The highest BCUT2D eigenvalue weighted by Crippen LogP contribution is 2.30. The van der Waals surface area contributed by atoms with E-state index in [0.717, 1.165) is 18.4 Å². The Morgan fingerprint density at radius 2 is 1.85 bits per heavy atom. The topological polar surface area (TPSA) is 79.5 Å². The predicted molar refractivity (Wildman–Crippen MR) is 101 cm³/mol. The third-order valence-corrected chi connectivity index (χ3v) is 4.90. The van der Waals surface area contributed by atoms with E-state index in [1.165, 1.54) is 14.0 Å². The molecule has 0 atom stereocenters. The van der Waals surface area contributed by atoms with Crippen molar-refractivity contribution in [2.24, 2.45) is 0 Å². The number of aromatic amines is 1. The molecule has 1 heterocycles. The molecule has 1 aliphatic carbocycles. The Kier molecular flexibility index (Phi) is 5.44. The zero-order valence-electron chi connectivity index (χ0n) is 15.9. The maximum atomic E-state index is 13.0. The van der Waals surface area contributed by atoms with Gasteiger partial charge in [-0.3, -0.25) is 9.59 Å². The average molecular weight is 368 g/mol. The van der Waals surface area contributed by atoms with Crippen LogP contribution in [0.1, 0.15) is 57.4 Å². The second-order valence-electron chi connectivity index (χ2n) is 6.94. The van der Waals surface area contributed by atoms with E-state index in [1.54, 1.807) is 6.92 Å². The molecular formula is C21H24N2O4. The second kappa shape index (κ2) is 7.78. The number of ether oxygens (including phenoxy) is 1. The third-order valence-electron chi connectivity index (χ3n) is 4.90. The Labute approximate surface area is 158 Å². The van der Waals surface area contributed by atoms with Crippen LogP contribution in [-0.4, -0.2) is 40.7 Å². The Morgan fingerprint density at radius 1 is 1.19 bits per heavy atom. The molecular weight excluding hydrogens is 344 g/mol. The number of amides is 1. The molecule has 1 N–H and O–H groups in total. The summed E-state index contributed by atoms with van der Waals surface area (Å²) in [5, 5.41) is 0. The molecule has 0 aliphatic heterocycles. The van der Waals surface area contributed by atoms with Crippen molar-refractivity contribution in [3.05, 3.63) is 58.4 Å². The van der Waals surface area contributed by atoms with Gasteiger partial charge in [-0.25, -0.2) is 4.79 Å². The Balaban J connectivity index is 1.86. The lowest BCUT2D eigenvalue weighted by molar-refractivity contribution is -0.131. The van der Waals surface area contributed by atoms with Crippen molar-refractivity contribution in [1.29, 1.82) is 0 Å². The van der Waals surface area contributed by atoms with Gasteiger partial charge < -0.3 is 14.6 Å². The normalized spacial score (nSPS) is 13.3. The molecule has 2 aromatic rings.